The number of carboxylic acid groups (broad SMARTS) is 1. The zero-order valence-corrected chi connectivity index (χ0v) is 10.9. The molecule has 1 fully saturated rings. The summed E-state index contributed by atoms with van der Waals surface area (Å²) < 4.78 is 10.8. The van der Waals surface area contributed by atoms with Crippen molar-refractivity contribution in [2.75, 3.05) is 13.7 Å². The number of methoxy groups -OCH3 is 1. The van der Waals surface area contributed by atoms with E-state index in [0.717, 1.165) is 0 Å². The number of benzene rings is 1. The molecule has 4 nitrogen and oxygen atoms in total. The highest BCUT2D eigenvalue weighted by atomic mass is 35.5. The maximum absolute atomic E-state index is 10.7. The minimum absolute atomic E-state index is 0.0843. The van der Waals surface area contributed by atoms with Crippen molar-refractivity contribution in [2.24, 2.45) is 5.92 Å². The monoisotopic (exact) mass is 270 g/mol. The van der Waals surface area contributed by atoms with Crippen molar-refractivity contribution in [3.05, 3.63) is 22.7 Å². The first-order valence-corrected chi connectivity index (χ1v) is 6.19. The van der Waals surface area contributed by atoms with Crippen LogP contribution in [0.15, 0.2) is 12.1 Å². The van der Waals surface area contributed by atoms with Gasteiger partial charge in [-0.2, -0.15) is 0 Å². The summed E-state index contributed by atoms with van der Waals surface area (Å²) in [6.07, 6.45) is 2.30. The Morgan fingerprint density at radius 3 is 2.78 bits per heavy atom. The summed E-state index contributed by atoms with van der Waals surface area (Å²) in [4.78, 5) is 10.7. The van der Waals surface area contributed by atoms with Crippen molar-refractivity contribution < 1.29 is 19.4 Å². The zero-order valence-electron chi connectivity index (χ0n) is 10.1. The molecule has 18 heavy (non-hydrogen) atoms. The number of hydrogen-bond acceptors (Lipinski definition) is 3. The predicted octanol–water partition coefficient (Wildman–Crippen LogP) is 2.76. The summed E-state index contributed by atoms with van der Waals surface area (Å²) in [7, 11) is 1.51. The third-order valence-corrected chi connectivity index (χ3v) is 3.09. The summed E-state index contributed by atoms with van der Waals surface area (Å²) in [5.74, 6) is 0.698. The second-order valence-electron chi connectivity index (χ2n) is 4.43. The molecular weight excluding hydrogens is 256 g/mol. The maximum Gasteiger partial charge on any atom is 0.307 e. The van der Waals surface area contributed by atoms with Gasteiger partial charge < -0.3 is 14.6 Å². The van der Waals surface area contributed by atoms with Crippen molar-refractivity contribution in [1.82, 2.24) is 0 Å². The Morgan fingerprint density at radius 2 is 2.22 bits per heavy atom. The van der Waals surface area contributed by atoms with Crippen LogP contribution in [0, 0.1) is 5.92 Å². The van der Waals surface area contributed by atoms with E-state index in [1.807, 2.05) is 0 Å². The molecule has 0 aliphatic heterocycles. The van der Waals surface area contributed by atoms with E-state index in [1.54, 1.807) is 12.1 Å². The van der Waals surface area contributed by atoms with Gasteiger partial charge in [0.2, 0.25) is 0 Å². The molecule has 0 unspecified atom stereocenters. The molecule has 0 amide bonds. The first-order valence-electron chi connectivity index (χ1n) is 5.81. The van der Waals surface area contributed by atoms with Gasteiger partial charge in [-0.05, 0) is 36.5 Å². The summed E-state index contributed by atoms with van der Waals surface area (Å²) in [6.45, 7) is 0.633. The van der Waals surface area contributed by atoms with Gasteiger partial charge >= 0.3 is 5.97 Å². The average Bonchev–Trinajstić information content (AvgIpc) is 3.10. The Morgan fingerprint density at radius 1 is 1.50 bits per heavy atom. The normalized spacial score (nSPS) is 14.3. The highest BCUT2D eigenvalue weighted by Crippen LogP contribution is 2.38. The summed E-state index contributed by atoms with van der Waals surface area (Å²) in [6, 6.07) is 3.27. The standard InChI is InChI=1S/C13H15ClO4/c1-17-11-5-9(6-12(15)16)4-10(14)13(11)18-7-8-2-3-8/h4-5,8H,2-3,6-7H2,1H3,(H,15,16). The van der Waals surface area contributed by atoms with Crippen LogP contribution in [0.3, 0.4) is 0 Å². The van der Waals surface area contributed by atoms with E-state index in [4.69, 9.17) is 26.2 Å². The molecule has 0 bridgehead atoms. The number of ether oxygens (including phenoxy) is 2. The summed E-state index contributed by atoms with van der Waals surface area (Å²) in [5.41, 5.74) is 0.600. The average molecular weight is 271 g/mol. The molecule has 1 aromatic rings. The number of hydrogen-bond donors (Lipinski definition) is 1. The van der Waals surface area contributed by atoms with Gasteiger partial charge in [-0.25, -0.2) is 0 Å². The SMILES string of the molecule is COc1cc(CC(=O)O)cc(Cl)c1OCC1CC1. The number of rotatable bonds is 6. The number of carboxylic acids is 1. The van der Waals surface area contributed by atoms with Crippen LogP contribution < -0.4 is 9.47 Å². The quantitative estimate of drug-likeness (QED) is 0.864. The van der Waals surface area contributed by atoms with Gasteiger partial charge in [-0.1, -0.05) is 11.6 Å². The molecule has 0 atom stereocenters. The number of aliphatic carboxylic acids is 1. The topological polar surface area (TPSA) is 55.8 Å². The fraction of sp³-hybridized carbons (Fsp3) is 0.462. The van der Waals surface area contributed by atoms with Crippen LogP contribution in [0.1, 0.15) is 18.4 Å². The number of halogens is 1. The highest BCUT2D eigenvalue weighted by Gasteiger charge is 2.23. The van der Waals surface area contributed by atoms with E-state index in [9.17, 15) is 4.79 Å². The molecule has 98 valence electrons. The predicted molar refractivity (Wildman–Crippen MR) is 67.6 cm³/mol. The van der Waals surface area contributed by atoms with Gasteiger partial charge in [0.1, 0.15) is 0 Å². The Kier molecular flexibility index (Phi) is 3.97. The third kappa shape index (κ3) is 3.29. The third-order valence-electron chi connectivity index (χ3n) is 2.80. The smallest absolute Gasteiger partial charge is 0.307 e. The Balaban J connectivity index is 2.18. The lowest BCUT2D eigenvalue weighted by Crippen LogP contribution is -2.04. The van der Waals surface area contributed by atoms with Crippen LogP contribution >= 0.6 is 11.6 Å². The van der Waals surface area contributed by atoms with Crippen molar-refractivity contribution >= 4 is 17.6 Å². The van der Waals surface area contributed by atoms with Gasteiger partial charge in [-0.3, -0.25) is 4.79 Å². The molecule has 2 rings (SSSR count). The van der Waals surface area contributed by atoms with Crippen molar-refractivity contribution in [3.8, 4) is 11.5 Å². The molecule has 0 aromatic heterocycles. The Hall–Kier alpha value is -1.42. The lowest BCUT2D eigenvalue weighted by molar-refractivity contribution is -0.136. The van der Waals surface area contributed by atoms with Crippen molar-refractivity contribution in [2.45, 2.75) is 19.3 Å². The van der Waals surface area contributed by atoms with E-state index in [-0.39, 0.29) is 6.42 Å². The lowest BCUT2D eigenvalue weighted by Gasteiger charge is -2.13. The molecule has 0 heterocycles. The molecule has 0 spiro atoms. The molecule has 1 aromatic carbocycles. The van der Waals surface area contributed by atoms with Crippen molar-refractivity contribution in [1.29, 1.82) is 0 Å². The molecule has 1 aliphatic rings. The van der Waals surface area contributed by atoms with Crippen LogP contribution in [0.2, 0.25) is 5.02 Å². The molecular formula is C13H15ClO4. The van der Waals surface area contributed by atoms with E-state index in [2.05, 4.69) is 0 Å². The van der Waals surface area contributed by atoms with Gasteiger partial charge in [0.15, 0.2) is 11.5 Å². The molecule has 0 radical (unpaired) electrons. The molecule has 1 aliphatic carbocycles. The number of carbonyl (C=O) groups is 1. The second kappa shape index (κ2) is 5.48. The zero-order chi connectivity index (χ0) is 13.1. The summed E-state index contributed by atoms with van der Waals surface area (Å²) in [5, 5.41) is 9.15. The van der Waals surface area contributed by atoms with Crippen molar-refractivity contribution in [3.63, 3.8) is 0 Å². The van der Waals surface area contributed by atoms with E-state index in [1.165, 1.54) is 20.0 Å². The molecule has 1 saturated carbocycles. The van der Waals surface area contributed by atoms with E-state index >= 15 is 0 Å². The highest BCUT2D eigenvalue weighted by molar-refractivity contribution is 6.32. The minimum atomic E-state index is -0.903. The maximum atomic E-state index is 10.7. The van der Waals surface area contributed by atoms with Gasteiger partial charge in [0.25, 0.3) is 0 Å². The van der Waals surface area contributed by atoms with Crippen LogP contribution in [0.5, 0.6) is 11.5 Å². The first-order chi connectivity index (χ1) is 8.60. The largest absolute Gasteiger partial charge is 0.493 e. The van der Waals surface area contributed by atoms with E-state index < -0.39 is 5.97 Å². The Bertz CT molecular complexity index is 455. The Labute approximate surface area is 110 Å². The van der Waals surface area contributed by atoms with Crippen LogP contribution in [0.25, 0.3) is 0 Å². The van der Waals surface area contributed by atoms with Crippen LogP contribution in [-0.2, 0) is 11.2 Å². The molecule has 1 N–H and O–H groups in total. The van der Waals surface area contributed by atoms with Gasteiger partial charge in [-0.15, -0.1) is 0 Å². The van der Waals surface area contributed by atoms with Gasteiger partial charge in [0, 0.05) is 0 Å². The van der Waals surface area contributed by atoms with Crippen LogP contribution in [0.4, 0.5) is 0 Å². The fourth-order valence-corrected chi connectivity index (χ4v) is 1.96. The second-order valence-corrected chi connectivity index (χ2v) is 4.84. The van der Waals surface area contributed by atoms with Gasteiger partial charge in [0.05, 0.1) is 25.2 Å². The minimum Gasteiger partial charge on any atom is -0.493 e. The lowest BCUT2D eigenvalue weighted by atomic mass is 10.1. The van der Waals surface area contributed by atoms with Crippen LogP contribution in [-0.4, -0.2) is 24.8 Å². The molecule has 5 heteroatoms. The fourth-order valence-electron chi connectivity index (χ4n) is 1.68. The summed E-state index contributed by atoms with van der Waals surface area (Å²) >= 11 is 6.10. The molecule has 0 saturated heterocycles. The van der Waals surface area contributed by atoms with E-state index in [0.29, 0.717) is 34.6 Å². The first kappa shape index (κ1) is 13.0.